The summed E-state index contributed by atoms with van der Waals surface area (Å²) < 4.78 is 39.4. The summed E-state index contributed by atoms with van der Waals surface area (Å²) in [5, 5.41) is 0. The van der Waals surface area contributed by atoms with E-state index in [1.54, 1.807) is 11.8 Å². The molecule has 0 atom stereocenters. The van der Waals surface area contributed by atoms with Gasteiger partial charge in [0.15, 0.2) is 5.67 Å². The number of halogens is 1. The number of hydrogen-bond donors (Lipinski definition) is 0. The first-order valence-electron chi connectivity index (χ1n) is 6.85. The topological polar surface area (TPSA) is 57.7 Å². The van der Waals surface area contributed by atoms with E-state index in [4.69, 9.17) is 0 Å². The highest BCUT2D eigenvalue weighted by atomic mass is 32.2. The number of hydrogen-bond acceptors (Lipinski definition) is 3. The largest absolute Gasteiger partial charge is 0.340 e. The van der Waals surface area contributed by atoms with Gasteiger partial charge in [-0.15, -0.1) is 0 Å². The van der Waals surface area contributed by atoms with Gasteiger partial charge < -0.3 is 4.90 Å². The van der Waals surface area contributed by atoms with Crippen molar-refractivity contribution in [1.29, 1.82) is 0 Å². The molecule has 2 aliphatic rings. The minimum absolute atomic E-state index is 0.0202. The Balaban J connectivity index is 1.99. The molecular formula is C12H21FN2O3S. The zero-order chi connectivity index (χ0) is 14.1. The van der Waals surface area contributed by atoms with E-state index < -0.39 is 21.6 Å². The number of carbonyl (C=O) groups is 1. The van der Waals surface area contributed by atoms with Gasteiger partial charge in [0.05, 0.1) is 5.75 Å². The molecule has 0 aromatic heterocycles. The van der Waals surface area contributed by atoms with Crippen LogP contribution in [0.5, 0.6) is 0 Å². The molecule has 0 aliphatic carbocycles. The van der Waals surface area contributed by atoms with Crippen molar-refractivity contribution < 1.29 is 17.6 Å². The standard InChI is InChI=1S/C12H21FN2O3S/c1-2-19(17,18)15-9-5-12(13,6-10-15)11(16)14-7-3-4-8-14/h2-10H2,1H3. The van der Waals surface area contributed by atoms with E-state index in [1.165, 1.54) is 4.31 Å². The lowest BCUT2D eigenvalue weighted by Crippen LogP contribution is -2.53. The fourth-order valence-electron chi connectivity index (χ4n) is 2.72. The maximum atomic E-state index is 14.7. The van der Waals surface area contributed by atoms with Crippen LogP contribution in [0, 0.1) is 0 Å². The normalized spacial score (nSPS) is 24.6. The second-order valence-corrected chi connectivity index (χ2v) is 7.52. The van der Waals surface area contributed by atoms with Crippen LogP contribution >= 0.6 is 0 Å². The van der Waals surface area contributed by atoms with E-state index in [2.05, 4.69) is 0 Å². The molecule has 0 aromatic carbocycles. The molecule has 0 aromatic rings. The van der Waals surface area contributed by atoms with Crippen LogP contribution in [0.1, 0.15) is 32.6 Å². The number of likely N-dealkylation sites (tertiary alicyclic amines) is 1. The van der Waals surface area contributed by atoms with E-state index in [-0.39, 0.29) is 31.7 Å². The summed E-state index contributed by atoms with van der Waals surface area (Å²) in [5.74, 6) is -0.426. The van der Waals surface area contributed by atoms with Gasteiger partial charge in [-0.1, -0.05) is 0 Å². The third-order valence-electron chi connectivity index (χ3n) is 4.05. The summed E-state index contributed by atoms with van der Waals surface area (Å²) in [7, 11) is -3.27. The van der Waals surface area contributed by atoms with E-state index in [0.717, 1.165) is 12.8 Å². The number of rotatable bonds is 3. The molecule has 1 amide bonds. The van der Waals surface area contributed by atoms with Crippen LogP contribution in [0.4, 0.5) is 4.39 Å². The van der Waals surface area contributed by atoms with Crippen molar-refractivity contribution in [1.82, 2.24) is 9.21 Å². The van der Waals surface area contributed by atoms with Crippen molar-refractivity contribution in [3.63, 3.8) is 0 Å². The molecule has 0 unspecified atom stereocenters. The van der Waals surface area contributed by atoms with Crippen LogP contribution in [-0.2, 0) is 14.8 Å². The zero-order valence-corrected chi connectivity index (χ0v) is 12.1. The van der Waals surface area contributed by atoms with Crippen molar-refractivity contribution in [2.45, 2.75) is 38.3 Å². The number of piperidine rings is 1. The van der Waals surface area contributed by atoms with E-state index in [0.29, 0.717) is 13.1 Å². The van der Waals surface area contributed by atoms with Gasteiger partial charge >= 0.3 is 0 Å². The van der Waals surface area contributed by atoms with Gasteiger partial charge in [-0.25, -0.2) is 17.1 Å². The van der Waals surface area contributed by atoms with Crippen LogP contribution in [0.25, 0.3) is 0 Å². The maximum absolute atomic E-state index is 14.7. The molecule has 2 rings (SSSR count). The second-order valence-electron chi connectivity index (χ2n) is 5.26. The molecule has 19 heavy (non-hydrogen) atoms. The molecule has 0 bridgehead atoms. The van der Waals surface area contributed by atoms with Crippen LogP contribution in [0.2, 0.25) is 0 Å². The van der Waals surface area contributed by atoms with E-state index >= 15 is 0 Å². The third kappa shape index (κ3) is 2.91. The van der Waals surface area contributed by atoms with E-state index in [9.17, 15) is 17.6 Å². The van der Waals surface area contributed by atoms with Crippen molar-refractivity contribution >= 4 is 15.9 Å². The van der Waals surface area contributed by atoms with Crippen molar-refractivity contribution in [3.8, 4) is 0 Å². The number of amides is 1. The van der Waals surface area contributed by atoms with Crippen LogP contribution in [0.15, 0.2) is 0 Å². The predicted octanol–water partition coefficient (Wildman–Crippen LogP) is 0.763. The van der Waals surface area contributed by atoms with Gasteiger partial charge in [0.2, 0.25) is 10.0 Å². The van der Waals surface area contributed by atoms with Crippen molar-refractivity contribution in [2.75, 3.05) is 31.9 Å². The predicted molar refractivity (Wildman–Crippen MR) is 69.9 cm³/mol. The Morgan fingerprint density at radius 3 is 2.16 bits per heavy atom. The molecule has 2 saturated heterocycles. The molecule has 0 spiro atoms. The summed E-state index contributed by atoms with van der Waals surface area (Å²) in [5.41, 5.74) is -1.87. The quantitative estimate of drug-likeness (QED) is 0.772. The summed E-state index contributed by atoms with van der Waals surface area (Å²) in [4.78, 5) is 13.7. The van der Waals surface area contributed by atoms with Crippen LogP contribution in [0.3, 0.4) is 0 Å². The Kier molecular flexibility index (Phi) is 4.15. The van der Waals surface area contributed by atoms with E-state index in [1.807, 2.05) is 0 Å². The van der Waals surface area contributed by atoms with Gasteiger partial charge in [-0.3, -0.25) is 4.79 Å². The maximum Gasteiger partial charge on any atom is 0.260 e. The third-order valence-corrected chi connectivity index (χ3v) is 5.93. The minimum Gasteiger partial charge on any atom is -0.340 e. The lowest BCUT2D eigenvalue weighted by Gasteiger charge is -2.36. The summed E-state index contributed by atoms with van der Waals surface area (Å²) in [6, 6.07) is 0. The highest BCUT2D eigenvalue weighted by molar-refractivity contribution is 7.89. The summed E-state index contributed by atoms with van der Waals surface area (Å²) >= 11 is 0. The fourth-order valence-corrected chi connectivity index (χ4v) is 3.82. The highest BCUT2D eigenvalue weighted by Crippen LogP contribution is 2.31. The molecule has 0 saturated carbocycles. The Bertz CT molecular complexity index is 438. The molecular weight excluding hydrogens is 271 g/mol. The first kappa shape index (κ1) is 14.7. The second kappa shape index (κ2) is 5.36. The van der Waals surface area contributed by atoms with Gasteiger partial charge in [0.1, 0.15) is 0 Å². The molecule has 0 radical (unpaired) electrons. The Morgan fingerprint density at radius 2 is 1.68 bits per heavy atom. The van der Waals surface area contributed by atoms with Gasteiger partial charge in [0.25, 0.3) is 5.91 Å². The smallest absolute Gasteiger partial charge is 0.260 e. The van der Waals surface area contributed by atoms with Crippen LogP contribution in [-0.4, -0.2) is 61.1 Å². The highest BCUT2D eigenvalue weighted by Gasteiger charge is 2.46. The Hall–Kier alpha value is -0.690. The lowest BCUT2D eigenvalue weighted by molar-refractivity contribution is -0.145. The molecule has 2 aliphatic heterocycles. The summed E-state index contributed by atoms with van der Waals surface area (Å²) in [6.07, 6.45) is 1.81. The van der Waals surface area contributed by atoms with Gasteiger partial charge in [-0.2, -0.15) is 0 Å². The number of carbonyl (C=O) groups excluding carboxylic acids is 1. The number of nitrogens with zero attached hydrogens (tertiary/aromatic N) is 2. The monoisotopic (exact) mass is 292 g/mol. The first-order chi connectivity index (χ1) is 8.89. The minimum atomic E-state index is -3.27. The fraction of sp³-hybridized carbons (Fsp3) is 0.917. The average molecular weight is 292 g/mol. The van der Waals surface area contributed by atoms with Gasteiger partial charge in [0, 0.05) is 39.0 Å². The number of alkyl halides is 1. The molecule has 7 heteroatoms. The molecule has 2 heterocycles. The molecule has 110 valence electrons. The van der Waals surface area contributed by atoms with Crippen molar-refractivity contribution in [2.24, 2.45) is 0 Å². The Labute approximate surface area is 113 Å². The Morgan fingerprint density at radius 1 is 1.16 bits per heavy atom. The van der Waals surface area contributed by atoms with Crippen LogP contribution < -0.4 is 0 Å². The lowest BCUT2D eigenvalue weighted by atomic mass is 9.93. The molecule has 0 N–H and O–H groups in total. The molecule has 5 nitrogen and oxygen atoms in total. The SMILES string of the molecule is CCS(=O)(=O)N1CCC(F)(C(=O)N2CCCC2)CC1. The first-order valence-corrected chi connectivity index (χ1v) is 8.46. The summed E-state index contributed by atoms with van der Waals surface area (Å²) in [6.45, 7) is 3.03. The van der Waals surface area contributed by atoms with Crippen molar-refractivity contribution in [3.05, 3.63) is 0 Å². The zero-order valence-electron chi connectivity index (χ0n) is 11.3. The average Bonchev–Trinajstić information content (AvgIpc) is 2.92. The number of sulfonamides is 1. The van der Waals surface area contributed by atoms with Gasteiger partial charge in [-0.05, 0) is 19.8 Å². The molecule has 2 fully saturated rings.